The highest BCUT2D eigenvalue weighted by Crippen LogP contribution is 2.40. The molecule has 1 aromatic carbocycles. The van der Waals surface area contributed by atoms with Crippen LogP contribution >= 0.6 is 34.4 Å². The average molecular weight is 517 g/mol. The summed E-state index contributed by atoms with van der Waals surface area (Å²) in [5.74, 6) is -0.734. The second-order valence-corrected chi connectivity index (χ2v) is 10.7. The van der Waals surface area contributed by atoms with Gasteiger partial charge in [-0.3, -0.25) is 10.2 Å². The predicted octanol–water partition coefficient (Wildman–Crippen LogP) is 4.39. The molecule has 11 heteroatoms. The van der Waals surface area contributed by atoms with Crippen molar-refractivity contribution in [1.29, 1.82) is 5.41 Å². The van der Waals surface area contributed by atoms with Gasteiger partial charge in [-0.25, -0.2) is 9.78 Å². The maximum absolute atomic E-state index is 12.6. The quantitative estimate of drug-likeness (QED) is 0.230. The molecule has 1 fully saturated rings. The number of ether oxygens (including phenoxy) is 1. The number of amides is 1. The first kappa shape index (κ1) is 24.2. The zero-order valence-corrected chi connectivity index (χ0v) is 20.9. The third-order valence-electron chi connectivity index (χ3n) is 5.48. The number of nitrogens with one attached hydrogen (secondary N) is 1. The zero-order chi connectivity index (χ0) is 24.2. The molecule has 4 rings (SSSR count). The predicted molar refractivity (Wildman–Crippen MR) is 136 cm³/mol. The van der Waals surface area contributed by atoms with E-state index in [2.05, 4.69) is 0 Å². The molecule has 0 bridgehead atoms. The first-order valence-corrected chi connectivity index (χ1v) is 13.5. The Morgan fingerprint density at radius 3 is 2.91 bits per heavy atom. The van der Waals surface area contributed by atoms with Gasteiger partial charge in [-0.05, 0) is 43.7 Å². The Kier molecular flexibility index (Phi) is 7.54. The van der Waals surface area contributed by atoms with Crippen LogP contribution in [0.25, 0.3) is 21.8 Å². The number of carboxylic acids is 1. The van der Waals surface area contributed by atoms with Crippen molar-refractivity contribution in [2.24, 2.45) is 5.73 Å². The molecule has 3 heterocycles. The van der Waals surface area contributed by atoms with Crippen molar-refractivity contribution >= 4 is 52.1 Å². The number of thiophene rings is 1. The van der Waals surface area contributed by atoms with E-state index >= 15 is 0 Å². The molecule has 0 spiro atoms. The van der Waals surface area contributed by atoms with Crippen LogP contribution in [-0.2, 0) is 9.59 Å². The highest BCUT2D eigenvalue weighted by molar-refractivity contribution is 8.00. The highest BCUT2D eigenvalue weighted by Gasteiger charge is 2.32. The third-order valence-corrected chi connectivity index (χ3v) is 8.66. The number of aromatic nitrogens is 1. The number of thiazole rings is 1. The van der Waals surface area contributed by atoms with E-state index in [-0.39, 0.29) is 18.3 Å². The van der Waals surface area contributed by atoms with E-state index in [0.717, 1.165) is 43.8 Å². The highest BCUT2D eigenvalue weighted by atomic mass is 32.2. The lowest BCUT2D eigenvalue weighted by Crippen LogP contribution is -2.49. The number of hydrogen-bond acceptors (Lipinski definition) is 8. The van der Waals surface area contributed by atoms with Gasteiger partial charge in [0, 0.05) is 23.1 Å². The van der Waals surface area contributed by atoms with Gasteiger partial charge in [0.25, 0.3) is 5.91 Å². The van der Waals surface area contributed by atoms with Gasteiger partial charge in [-0.2, -0.15) is 0 Å². The Labute approximate surface area is 209 Å². The summed E-state index contributed by atoms with van der Waals surface area (Å²) in [6.45, 7) is 0.224. The molecule has 1 aliphatic rings. The van der Waals surface area contributed by atoms with Crippen LogP contribution in [0.4, 0.5) is 0 Å². The number of piperidine rings is 1. The SMILES string of the molecule is CSc1sc(C(=N)N)cc1-c1nc(-c2cccc(OCC(=O)N3CCCCC3C(=O)O)c2)cs1. The van der Waals surface area contributed by atoms with E-state index in [0.29, 0.717) is 18.7 Å². The molecule has 1 amide bonds. The number of nitrogen functional groups attached to an aromatic ring is 1. The number of nitrogens with zero attached hydrogens (tertiary/aromatic N) is 2. The van der Waals surface area contributed by atoms with Crippen LogP contribution < -0.4 is 10.5 Å². The number of likely N-dealkylation sites (tertiary alicyclic amines) is 1. The first-order chi connectivity index (χ1) is 16.4. The minimum Gasteiger partial charge on any atom is -0.484 e. The molecule has 1 saturated heterocycles. The second-order valence-electron chi connectivity index (χ2n) is 7.72. The average Bonchev–Trinajstić information content (AvgIpc) is 3.50. The molecule has 3 aromatic rings. The van der Waals surface area contributed by atoms with E-state index < -0.39 is 12.0 Å². The first-order valence-electron chi connectivity index (χ1n) is 10.6. The summed E-state index contributed by atoms with van der Waals surface area (Å²) in [5.41, 5.74) is 8.25. The summed E-state index contributed by atoms with van der Waals surface area (Å²) in [5, 5.41) is 19.9. The van der Waals surface area contributed by atoms with Crippen LogP contribution in [0.15, 0.2) is 39.9 Å². The molecular weight excluding hydrogens is 492 g/mol. The van der Waals surface area contributed by atoms with E-state index in [4.69, 9.17) is 20.9 Å². The van der Waals surface area contributed by atoms with Gasteiger partial charge in [0.15, 0.2) is 6.61 Å². The van der Waals surface area contributed by atoms with Crippen LogP contribution in [0.1, 0.15) is 24.1 Å². The summed E-state index contributed by atoms with van der Waals surface area (Å²) in [4.78, 5) is 31.0. The lowest BCUT2D eigenvalue weighted by molar-refractivity contribution is -0.152. The Hall–Kier alpha value is -2.89. The molecule has 0 aliphatic carbocycles. The topological polar surface area (TPSA) is 130 Å². The van der Waals surface area contributed by atoms with Gasteiger partial charge < -0.3 is 20.5 Å². The number of rotatable bonds is 8. The van der Waals surface area contributed by atoms with Gasteiger partial charge in [0.05, 0.1) is 14.8 Å². The van der Waals surface area contributed by atoms with Gasteiger partial charge >= 0.3 is 5.97 Å². The molecule has 2 aromatic heterocycles. The van der Waals surface area contributed by atoms with Crippen molar-refractivity contribution in [1.82, 2.24) is 9.88 Å². The van der Waals surface area contributed by atoms with Crippen LogP contribution in [0.2, 0.25) is 0 Å². The van der Waals surface area contributed by atoms with Crippen molar-refractivity contribution < 1.29 is 19.4 Å². The fraction of sp³-hybridized carbons (Fsp3) is 0.304. The minimum atomic E-state index is -0.972. The normalized spacial score (nSPS) is 15.8. The number of nitrogens with two attached hydrogens (primary N) is 1. The van der Waals surface area contributed by atoms with E-state index in [1.165, 1.54) is 27.6 Å². The van der Waals surface area contributed by atoms with Crippen molar-refractivity contribution in [2.75, 3.05) is 19.4 Å². The van der Waals surface area contributed by atoms with Crippen molar-refractivity contribution in [3.05, 3.63) is 40.6 Å². The van der Waals surface area contributed by atoms with Crippen molar-refractivity contribution in [3.8, 4) is 27.6 Å². The molecule has 1 aliphatic heterocycles. The van der Waals surface area contributed by atoms with Crippen LogP contribution in [0, 0.1) is 5.41 Å². The number of hydrogen-bond donors (Lipinski definition) is 3. The summed E-state index contributed by atoms with van der Waals surface area (Å²) in [6.07, 6.45) is 4.06. The van der Waals surface area contributed by atoms with Gasteiger partial charge in [-0.15, -0.1) is 34.4 Å². The molecule has 1 atom stereocenters. The van der Waals surface area contributed by atoms with E-state index in [1.807, 2.05) is 35.9 Å². The fourth-order valence-corrected chi connectivity index (χ4v) is 6.51. The maximum Gasteiger partial charge on any atom is 0.326 e. The van der Waals surface area contributed by atoms with E-state index in [9.17, 15) is 14.7 Å². The smallest absolute Gasteiger partial charge is 0.326 e. The van der Waals surface area contributed by atoms with Gasteiger partial charge in [0.1, 0.15) is 22.6 Å². The zero-order valence-electron chi connectivity index (χ0n) is 18.4. The number of carbonyl (C=O) groups excluding carboxylic acids is 1. The summed E-state index contributed by atoms with van der Waals surface area (Å²) in [7, 11) is 0. The maximum atomic E-state index is 12.6. The van der Waals surface area contributed by atoms with Crippen LogP contribution in [0.5, 0.6) is 5.75 Å². The molecule has 34 heavy (non-hydrogen) atoms. The monoisotopic (exact) mass is 516 g/mol. The lowest BCUT2D eigenvalue weighted by atomic mass is 10.0. The number of thioether (sulfide) groups is 1. The Bertz CT molecular complexity index is 1220. The molecule has 1 unspecified atom stereocenters. The Morgan fingerprint density at radius 2 is 2.18 bits per heavy atom. The van der Waals surface area contributed by atoms with Crippen molar-refractivity contribution in [3.63, 3.8) is 0 Å². The number of carbonyl (C=O) groups is 2. The standard InChI is InChI=1S/C23H24N4O4S3/c1-32-23-15(10-18(34-23)20(24)25)21-26-16(12-33-21)13-5-4-6-14(9-13)31-11-19(28)27-8-3-2-7-17(27)22(29)30/h4-6,9-10,12,17H,2-3,7-8,11H2,1H3,(H3,24,25)(H,29,30). The molecule has 4 N–H and O–H groups in total. The summed E-state index contributed by atoms with van der Waals surface area (Å²) in [6, 6.07) is 8.46. The largest absolute Gasteiger partial charge is 0.484 e. The molecule has 178 valence electrons. The molecule has 8 nitrogen and oxygen atoms in total. The Balaban J connectivity index is 1.47. The minimum absolute atomic E-state index is 0.0435. The number of benzene rings is 1. The van der Waals surface area contributed by atoms with Crippen LogP contribution in [0.3, 0.4) is 0 Å². The molecule has 0 saturated carbocycles. The third kappa shape index (κ3) is 5.26. The summed E-state index contributed by atoms with van der Waals surface area (Å²) >= 11 is 4.59. The number of amidine groups is 1. The van der Waals surface area contributed by atoms with E-state index in [1.54, 1.807) is 17.8 Å². The van der Waals surface area contributed by atoms with Gasteiger partial charge in [0.2, 0.25) is 0 Å². The fourth-order valence-electron chi connectivity index (χ4n) is 3.80. The number of aliphatic carboxylic acids is 1. The van der Waals surface area contributed by atoms with Crippen molar-refractivity contribution in [2.45, 2.75) is 29.5 Å². The summed E-state index contributed by atoms with van der Waals surface area (Å²) < 4.78 is 6.78. The van der Waals surface area contributed by atoms with Crippen LogP contribution in [-0.4, -0.2) is 58.2 Å². The molecular formula is C23H24N4O4S3. The van der Waals surface area contributed by atoms with Gasteiger partial charge in [-0.1, -0.05) is 12.1 Å². The Morgan fingerprint density at radius 1 is 1.35 bits per heavy atom. The number of carboxylic acid groups (broad SMARTS) is 1. The molecule has 0 radical (unpaired) electrons. The lowest BCUT2D eigenvalue weighted by Gasteiger charge is -2.32. The second kappa shape index (κ2) is 10.6.